The van der Waals surface area contributed by atoms with Crippen LogP contribution >= 0.6 is 54.8 Å². The molecule has 0 bridgehead atoms. The number of carbonyl (C=O) groups is 1. The summed E-state index contributed by atoms with van der Waals surface area (Å²) < 4.78 is 2.25. The lowest BCUT2D eigenvalue weighted by atomic mass is 10.1. The van der Waals surface area contributed by atoms with Crippen LogP contribution in [0.1, 0.15) is 15.2 Å². The molecule has 0 N–H and O–H groups in total. The predicted molar refractivity (Wildman–Crippen MR) is 74.6 cm³/mol. The van der Waals surface area contributed by atoms with Gasteiger partial charge in [0.15, 0.2) is 0 Å². The Morgan fingerprint density at radius 1 is 1.25 bits per heavy atom. The van der Waals surface area contributed by atoms with Crippen molar-refractivity contribution in [3.8, 4) is 0 Å². The van der Waals surface area contributed by atoms with E-state index in [0.717, 1.165) is 8.95 Å². The van der Waals surface area contributed by atoms with Crippen LogP contribution in [0.4, 0.5) is 0 Å². The van der Waals surface area contributed by atoms with Crippen molar-refractivity contribution in [1.29, 1.82) is 0 Å². The Hall–Kier alpha value is -0.160. The van der Waals surface area contributed by atoms with Crippen molar-refractivity contribution < 1.29 is 4.79 Å². The topological polar surface area (TPSA) is 17.1 Å². The Labute approximate surface area is 119 Å². The van der Waals surface area contributed by atoms with Crippen molar-refractivity contribution in [1.82, 2.24) is 0 Å². The molecule has 0 spiro atoms. The van der Waals surface area contributed by atoms with E-state index in [1.807, 2.05) is 12.1 Å². The predicted octanol–water partition coefficient (Wildman–Crippen LogP) is 5.16. The fraction of sp³-hybridized carbons (Fsp3) is 0. The van der Waals surface area contributed by atoms with E-state index in [-0.39, 0.29) is 5.78 Å². The van der Waals surface area contributed by atoms with Crippen molar-refractivity contribution in [2.45, 2.75) is 0 Å². The molecule has 0 saturated carbocycles. The summed E-state index contributed by atoms with van der Waals surface area (Å²) in [5, 5.41) is 0. The van der Waals surface area contributed by atoms with Gasteiger partial charge in [0.05, 0.1) is 4.88 Å². The Bertz CT molecular complexity index is 531. The zero-order chi connectivity index (χ0) is 11.7. The lowest BCUT2D eigenvalue weighted by Crippen LogP contribution is -1.97. The zero-order valence-corrected chi connectivity index (χ0v) is 12.6. The monoisotopic (exact) mass is 378 g/mol. The maximum absolute atomic E-state index is 12.1. The van der Waals surface area contributed by atoms with Gasteiger partial charge in [0.2, 0.25) is 5.78 Å². The lowest BCUT2D eigenvalue weighted by Gasteiger charge is -1.98. The third-order valence-corrected chi connectivity index (χ3v) is 4.92. The highest BCUT2D eigenvalue weighted by molar-refractivity contribution is 9.10. The van der Waals surface area contributed by atoms with Gasteiger partial charge in [-0.2, -0.15) is 0 Å². The quantitative estimate of drug-likeness (QED) is 0.658. The first-order valence-corrected chi connectivity index (χ1v) is 7.11. The first kappa shape index (κ1) is 12.3. The van der Waals surface area contributed by atoms with Gasteiger partial charge in [-0.25, -0.2) is 0 Å². The van der Waals surface area contributed by atoms with Crippen molar-refractivity contribution in [3.05, 3.63) is 54.1 Å². The molecule has 1 heterocycles. The van der Waals surface area contributed by atoms with Crippen LogP contribution in [-0.2, 0) is 0 Å². The first-order chi connectivity index (χ1) is 7.58. The summed E-state index contributed by atoms with van der Waals surface area (Å²) >= 11 is 13.8. The number of carbonyl (C=O) groups excluding carboxylic acids is 1. The molecule has 0 aliphatic carbocycles. The molecule has 0 aliphatic heterocycles. The van der Waals surface area contributed by atoms with Gasteiger partial charge < -0.3 is 0 Å². The number of halogens is 3. The van der Waals surface area contributed by atoms with Crippen molar-refractivity contribution in [2.75, 3.05) is 0 Å². The smallest absolute Gasteiger partial charge is 0.203 e. The second kappa shape index (κ2) is 5.00. The molecule has 0 amide bonds. The molecule has 0 aliphatic rings. The fourth-order valence-corrected chi connectivity index (χ4v) is 3.29. The van der Waals surface area contributed by atoms with E-state index >= 15 is 0 Å². The maximum atomic E-state index is 12.1. The highest BCUT2D eigenvalue weighted by atomic mass is 79.9. The van der Waals surface area contributed by atoms with Crippen molar-refractivity contribution >= 4 is 60.6 Å². The minimum Gasteiger partial charge on any atom is -0.288 e. The Morgan fingerprint density at radius 3 is 2.56 bits per heavy atom. The number of benzene rings is 1. The average Bonchev–Trinajstić information content (AvgIpc) is 2.58. The van der Waals surface area contributed by atoms with Crippen molar-refractivity contribution in [2.24, 2.45) is 0 Å². The van der Waals surface area contributed by atoms with Crippen LogP contribution < -0.4 is 0 Å². The number of rotatable bonds is 2. The fourth-order valence-electron chi connectivity index (χ4n) is 1.23. The van der Waals surface area contributed by atoms with Gasteiger partial charge >= 0.3 is 0 Å². The highest BCUT2D eigenvalue weighted by Crippen LogP contribution is 2.33. The summed E-state index contributed by atoms with van der Waals surface area (Å²) in [5.41, 5.74) is 0.653. The number of hydrogen-bond donors (Lipinski definition) is 0. The molecule has 2 aromatic rings. The summed E-state index contributed by atoms with van der Waals surface area (Å²) in [4.78, 5) is 12.7. The summed E-state index contributed by atoms with van der Waals surface area (Å²) in [6.07, 6.45) is 0. The second-order valence-corrected chi connectivity index (χ2v) is 6.50. The molecular formula is C11H5Br2ClOS. The van der Waals surface area contributed by atoms with E-state index in [2.05, 4.69) is 31.9 Å². The van der Waals surface area contributed by atoms with E-state index in [0.29, 0.717) is 14.8 Å². The molecule has 0 fully saturated rings. The van der Waals surface area contributed by atoms with E-state index in [4.69, 9.17) is 11.6 Å². The second-order valence-electron chi connectivity index (χ2n) is 3.07. The van der Waals surface area contributed by atoms with Crippen molar-refractivity contribution in [3.63, 3.8) is 0 Å². The van der Waals surface area contributed by atoms with Crippen LogP contribution in [0.3, 0.4) is 0 Å². The van der Waals surface area contributed by atoms with Gasteiger partial charge in [-0.1, -0.05) is 39.7 Å². The standard InChI is InChI=1S/C11H5Br2ClOS/c12-7-3-1-2-6(4-7)10(15)9-5-8(13)11(14)16-9/h1-5H. The van der Waals surface area contributed by atoms with E-state index in [9.17, 15) is 4.79 Å². The minimum absolute atomic E-state index is 0.0149. The van der Waals surface area contributed by atoms with Crippen LogP contribution in [0.25, 0.3) is 0 Å². The Kier molecular flexibility index (Phi) is 3.85. The molecular weight excluding hydrogens is 375 g/mol. The number of thiophene rings is 1. The molecule has 0 atom stereocenters. The lowest BCUT2D eigenvalue weighted by molar-refractivity contribution is 0.104. The SMILES string of the molecule is O=C(c1cccc(Br)c1)c1cc(Br)c(Cl)s1. The van der Waals surface area contributed by atoms with Gasteiger partial charge in [0, 0.05) is 14.5 Å². The molecule has 5 heteroatoms. The van der Waals surface area contributed by atoms with Gasteiger partial charge in [-0.15, -0.1) is 11.3 Å². The average molecular weight is 380 g/mol. The molecule has 0 saturated heterocycles. The number of hydrogen-bond acceptors (Lipinski definition) is 2. The van der Waals surface area contributed by atoms with Gasteiger partial charge in [-0.05, 0) is 34.1 Å². The molecule has 0 radical (unpaired) electrons. The highest BCUT2D eigenvalue weighted by Gasteiger charge is 2.14. The van der Waals surface area contributed by atoms with Gasteiger partial charge in [-0.3, -0.25) is 4.79 Å². The Morgan fingerprint density at radius 2 is 2.00 bits per heavy atom. The molecule has 1 nitrogen and oxygen atoms in total. The molecule has 82 valence electrons. The van der Waals surface area contributed by atoms with Gasteiger partial charge in [0.25, 0.3) is 0 Å². The third-order valence-electron chi connectivity index (χ3n) is 1.96. The summed E-state index contributed by atoms with van der Waals surface area (Å²) in [6, 6.07) is 9.05. The molecule has 1 aromatic heterocycles. The number of ketones is 1. The minimum atomic E-state index is -0.0149. The van der Waals surface area contributed by atoms with Crippen LogP contribution in [0.2, 0.25) is 4.34 Å². The van der Waals surface area contributed by atoms with Crippen LogP contribution in [0, 0.1) is 0 Å². The summed E-state index contributed by atoms with van der Waals surface area (Å²) in [7, 11) is 0. The largest absolute Gasteiger partial charge is 0.288 e. The summed E-state index contributed by atoms with van der Waals surface area (Å²) in [5.74, 6) is -0.0149. The molecule has 1 aromatic carbocycles. The Balaban J connectivity index is 2.39. The van der Waals surface area contributed by atoms with E-state index in [1.165, 1.54) is 11.3 Å². The van der Waals surface area contributed by atoms with E-state index in [1.54, 1.807) is 18.2 Å². The first-order valence-electron chi connectivity index (χ1n) is 4.33. The van der Waals surface area contributed by atoms with Crippen LogP contribution in [-0.4, -0.2) is 5.78 Å². The third kappa shape index (κ3) is 2.56. The normalized spacial score (nSPS) is 10.4. The zero-order valence-electron chi connectivity index (χ0n) is 7.84. The van der Waals surface area contributed by atoms with Crippen LogP contribution in [0.5, 0.6) is 0 Å². The maximum Gasteiger partial charge on any atom is 0.203 e. The van der Waals surface area contributed by atoms with Gasteiger partial charge in [0.1, 0.15) is 4.34 Å². The molecule has 16 heavy (non-hydrogen) atoms. The molecule has 0 unspecified atom stereocenters. The summed E-state index contributed by atoms with van der Waals surface area (Å²) in [6.45, 7) is 0. The molecule has 2 rings (SSSR count). The van der Waals surface area contributed by atoms with E-state index < -0.39 is 0 Å². The van der Waals surface area contributed by atoms with Crippen LogP contribution in [0.15, 0.2) is 39.3 Å².